The molecule has 9 heteroatoms. The molecular weight excluding hydrogens is 504 g/mol. The van der Waals surface area contributed by atoms with E-state index in [2.05, 4.69) is 51.0 Å². The molecule has 1 amide bonds. The second-order valence-electron chi connectivity index (χ2n) is 8.56. The summed E-state index contributed by atoms with van der Waals surface area (Å²) in [7, 11) is -3.74. The van der Waals surface area contributed by atoms with E-state index in [4.69, 9.17) is 4.98 Å². The number of aryl methyl sites for hydroxylation is 1. The van der Waals surface area contributed by atoms with Crippen LogP contribution in [0.3, 0.4) is 0 Å². The molecule has 198 valence electrons. The van der Waals surface area contributed by atoms with E-state index in [9.17, 15) is 13.2 Å². The molecule has 0 saturated carbocycles. The molecule has 0 aliphatic rings. The molecule has 0 spiro atoms. The van der Waals surface area contributed by atoms with E-state index in [1.165, 1.54) is 45.5 Å². The number of nitrogens with zero attached hydrogens (tertiary/aromatic N) is 4. The van der Waals surface area contributed by atoms with Crippen molar-refractivity contribution in [2.75, 3.05) is 44.2 Å². The number of thiazole rings is 1. The van der Waals surface area contributed by atoms with Crippen LogP contribution in [0, 0.1) is 0 Å². The van der Waals surface area contributed by atoms with Gasteiger partial charge in [-0.2, -0.15) is 4.31 Å². The average Bonchev–Trinajstić information content (AvgIpc) is 3.33. The SMILES string of the molecule is C=CCN(CC=C)S(=O)(=O)c1ccc(C(=O)N(CCN(CC)CC)c2nc3ccc(CC)cc3s2)cc1. The van der Waals surface area contributed by atoms with Gasteiger partial charge in [0.2, 0.25) is 10.0 Å². The first-order chi connectivity index (χ1) is 17.8. The third-order valence-corrected chi connectivity index (χ3v) is 9.15. The number of sulfonamides is 1. The molecule has 0 atom stereocenters. The van der Waals surface area contributed by atoms with Crippen LogP contribution in [0.25, 0.3) is 10.2 Å². The normalized spacial score (nSPS) is 11.8. The van der Waals surface area contributed by atoms with E-state index >= 15 is 0 Å². The summed E-state index contributed by atoms with van der Waals surface area (Å²) in [6.45, 7) is 16.9. The number of aromatic nitrogens is 1. The van der Waals surface area contributed by atoms with Crippen LogP contribution in [0.2, 0.25) is 0 Å². The van der Waals surface area contributed by atoms with Crippen LogP contribution in [0.15, 0.2) is 72.7 Å². The van der Waals surface area contributed by atoms with Gasteiger partial charge >= 0.3 is 0 Å². The zero-order valence-electron chi connectivity index (χ0n) is 21.9. The van der Waals surface area contributed by atoms with Crippen molar-refractivity contribution in [2.24, 2.45) is 0 Å². The van der Waals surface area contributed by atoms with Crippen molar-refractivity contribution >= 4 is 42.6 Å². The standard InChI is InChI=1S/C28H36N4O3S2/c1-6-17-31(18-7-2)37(34,35)24-14-12-23(13-15-24)27(33)32(20-19-30(9-4)10-5)28-29-25-16-11-22(8-3)21-26(25)36-28/h6-7,11-16,21H,1-2,8-10,17-20H2,3-5H3. The van der Waals surface area contributed by atoms with Crippen molar-refractivity contribution in [1.29, 1.82) is 0 Å². The van der Waals surface area contributed by atoms with Crippen LogP contribution in [-0.2, 0) is 16.4 Å². The van der Waals surface area contributed by atoms with E-state index in [0.717, 1.165) is 29.7 Å². The quantitative estimate of drug-likeness (QED) is 0.263. The van der Waals surface area contributed by atoms with Crippen molar-refractivity contribution in [3.8, 4) is 0 Å². The maximum Gasteiger partial charge on any atom is 0.260 e. The largest absolute Gasteiger partial charge is 0.302 e. The highest BCUT2D eigenvalue weighted by Gasteiger charge is 2.25. The van der Waals surface area contributed by atoms with Gasteiger partial charge in [-0.25, -0.2) is 13.4 Å². The van der Waals surface area contributed by atoms with Crippen molar-refractivity contribution < 1.29 is 13.2 Å². The molecule has 7 nitrogen and oxygen atoms in total. The zero-order chi connectivity index (χ0) is 27.0. The van der Waals surface area contributed by atoms with E-state index in [0.29, 0.717) is 23.8 Å². The number of hydrogen-bond acceptors (Lipinski definition) is 6. The first-order valence-electron chi connectivity index (χ1n) is 12.5. The van der Waals surface area contributed by atoms with Gasteiger partial charge in [-0.3, -0.25) is 9.69 Å². The van der Waals surface area contributed by atoms with Gasteiger partial charge in [0.05, 0.1) is 15.1 Å². The van der Waals surface area contributed by atoms with Crippen LogP contribution in [0.1, 0.15) is 36.7 Å². The lowest BCUT2D eigenvalue weighted by Gasteiger charge is -2.25. The van der Waals surface area contributed by atoms with E-state index in [1.54, 1.807) is 17.0 Å². The second-order valence-corrected chi connectivity index (χ2v) is 11.5. The summed E-state index contributed by atoms with van der Waals surface area (Å²) in [4.78, 5) is 22.6. The Kier molecular flexibility index (Phi) is 10.2. The minimum atomic E-state index is -3.74. The lowest BCUT2D eigenvalue weighted by atomic mass is 10.2. The Labute approximate surface area is 224 Å². The summed E-state index contributed by atoms with van der Waals surface area (Å²) < 4.78 is 28.5. The number of anilines is 1. The molecule has 3 aromatic rings. The van der Waals surface area contributed by atoms with Crippen molar-refractivity contribution in [3.05, 3.63) is 78.9 Å². The van der Waals surface area contributed by atoms with E-state index in [1.807, 2.05) is 6.07 Å². The van der Waals surface area contributed by atoms with Gasteiger partial charge in [-0.15, -0.1) is 13.2 Å². The van der Waals surface area contributed by atoms with E-state index in [-0.39, 0.29) is 23.9 Å². The minimum absolute atomic E-state index is 0.120. The Morgan fingerprint density at radius 1 is 0.973 bits per heavy atom. The molecule has 0 fully saturated rings. The van der Waals surface area contributed by atoms with Gasteiger partial charge in [-0.1, -0.05) is 50.3 Å². The fraction of sp³-hybridized carbons (Fsp3) is 0.357. The summed E-state index contributed by atoms with van der Waals surface area (Å²) in [5.41, 5.74) is 2.50. The average molecular weight is 541 g/mol. The maximum atomic E-state index is 13.7. The smallest absolute Gasteiger partial charge is 0.260 e. The van der Waals surface area contributed by atoms with Gasteiger partial charge in [0.1, 0.15) is 0 Å². The Morgan fingerprint density at radius 2 is 1.62 bits per heavy atom. The van der Waals surface area contributed by atoms with Crippen LogP contribution in [-0.4, -0.2) is 67.8 Å². The lowest BCUT2D eigenvalue weighted by Crippen LogP contribution is -2.39. The summed E-state index contributed by atoms with van der Waals surface area (Å²) in [5.74, 6) is -0.208. The fourth-order valence-corrected chi connectivity index (χ4v) is 6.43. The van der Waals surface area contributed by atoms with Crippen molar-refractivity contribution in [1.82, 2.24) is 14.2 Å². The topological polar surface area (TPSA) is 73.8 Å². The number of hydrogen-bond donors (Lipinski definition) is 0. The molecular formula is C28H36N4O3S2. The maximum absolute atomic E-state index is 13.7. The van der Waals surface area contributed by atoms with Gasteiger partial charge in [-0.05, 0) is 61.5 Å². The summed E-state index contributed by atoms with van der Waals surface area (Å²) in [5, 5.41) is 0.639. The number of benzene rings is 2. The number of carbonyl (C=O) groups excluding carboxylic acids is 1. The number of amides is 1. The summed E-state index contributed by atoms with van der Waals surface area (Å²) >= 11 is 1.50. The monoisotopic (exact) mass is 540 g/mol. The minimum Gasteiger partial charge on any atom is -0.302 e. The Bertz CT molecular complexity index is 1320. The molecule has 2 aromatic carbocycles. The third-order valence-electron chi connectivity index (χ3n) is 6.26. The molecule has 0 bridgehead atoms. The third kappa shape index (κ3) is 6.73. The zero-order valence-corrected chi connectivity index (χ0v) is 23.5. The van der Waals surface area contributed by atoms with Crippen molar-refractivity contribution in [2.45, 2.75) is 32.1 Å². The Hall–Kier alpha value is -2.85. The number of fused-ring (bicyclic) bond motifs is 1. The molecule has 0 aliphatic carbocycles. The van der Waals surface area contributed by atoms with Crippen LogP contribution in [0.5, 0.6) is 0 Å². The van der Waals surface area contributed by atoms with Gasteiger partial charge in [0, 0.05) is 31.7 Å². The summed E-state index contributed by atoms with van der Waals surface area (Å²) in [6.07, 6.45) is 4.00. The molecule has 1 aromatic heterocycles. The highest BCUT2D eigenvalue weighted by molar-refractivity contribution is 7.89. The first kappa shape index (κ1) is 28.7. The number of carbonyl (C=O) groups is 1. The summed E-state index contributed by atoms with van der Waals surface area (Å²) in [6, 6.07) is 12.3. The van der Waals surface area contributed by atoms with Crippen LogP contribution < -0.4 is 4.90 Å². The van der Waals surface area contributed by atoms with Crippen LogP contribution in [0.4, 0.5) is 5.13 Å². The Morgan fingerprint density at radius 3 is 2.19 bits per heavy atom. The van der Waals surface area contributed by atoms with E-state index < -0.39 is 10.0 Å². The highest BCUT2D eigenvalue weighted by atomic mass is 32.2. The highest BCUT2D eigenvalue weighted by Crippen LogP contribution is 2.31. The number of rotatable bonds is 14. The molecule has 37 heavy (non-hydrogen) atoms. The molecule has 0 radical (unpaired) electrons. The van der Waals surface area contributed by atoms with Gasteiger partial charge in [0.15, 0.2) is 5.13 Å². The van der Waals surface area contributed by atoms with Gasteiger partial charge < -0.3 is 4.90 Å². The first-order valence-corrected chi connectivity index (χ1v) is 14.8. The molecule has 0 aliphatic heterocycles. The molecule has 1 heterocycles. The number of likely N-dealkylation sites (N-methyl/N-ethyl adjacent to an activating group) is 1. The molecule has 3 rings (SSSR count). The van der Waals surface area contributed by atoms with Gasteiger partial charge in [0.25, 0.3) is 5.91 Å². The molecule has 0 N–H and O–H groups in total. The predicted molar refractivity (Wildman–Crippen MR) is 154 cm³/mol. The second kappa shape index (κ2) is 13.1. The molecule has 0 unspecified atom stereocenters. The van der Waals surface area contributed by atoms with Crippen molar-refractivity contribution in [3.63, 3.8) is 0 Å². The predicted octanol–water partition coefficient (Wildman–Crippen LogP) is 5.21. The van der Waals surface area contributed by atoms with Crippen LogP contribution >= 0.6 is 11.3 Å². The fourth-order valence-electron chi connectivity index (χ4n) is 3.99. The Balaban J connectivity index is 1.94. The molecule has 0 saturated heterocycles. The lowest BCUT2D eigenvalue weighted by molar-refractivity contribution is 0.0983.